The molecule has 1 rings (SSSR count). The zero-order valence-corrected chi connectivity index (χ0v) is 9.36. The van der Waals surface area contributed by atoms with Crippen molar-refractivity contribution in [2.24, 2.45) is 0 Å². The first-order valence-electron chi connectivity index (χ1n) is 4.94. The van der Waals surface area contributed by atoms with Crippen molar-refractivity contribution in [3.05, 3.63) is 48.4 Å². The Balaban J connectivity index is 2.91. The fraction of sp³-hybridized carbons (Fsp3) is 0.231. The summed E-state index contributed by atoms with van der Waals surface area (Å²) in [7, 11) is 0. The van der Waals surface area contributed by atoms with Gasteiger partial charge < -0.3 is 9.47 Å². The topological polar surface area (TPSA) is 18.5 Å². The Morgan fingerprint density at radius 1 is 0.933 bits per heavy atom. The molecule has 0 spiro atoms. The van der Waals surface area contributed by atoms with E-state index in [-0.39, 0.29) is 0 Å². The fourth-order valence-corrected chi connectivity index (χ4v) is 1.09. The zero-order chi connectivity index (χ0) is 11.1. The molecule has 1 aromatic rings. The van der Waals surface area contributed by atoms with Crippen LogP contribution in [-0.2, 0) is 0 Å². The molecule has 0 bridgehead atoms. The zero-order valence-electron chi connectivity index (χ0n) is 9.36. The van der Waals surface area contributed by atoms with E-state index in [1.807, 2.05) is 51.1 Å². The number of ether oxygens (including phenoxy) is 2. The van der Waals surface area contributed by atoms with E-state index in [2.05, 4.69) is 0 Å². The monoisotopic (exact) mass is 204 g/mol. The Morgan fingerprint density at radius 2 is 1.53 bits per heavy atom. The summed E-state index contributed by atoms with van der Waals surface area (Å²) >= 11 is 0. The van der Waals surface area contributed by atoms with Crippen LogP contribution in [0.1, 0.15) is 19.4 Å². The molecule has 0 fully saturated rings. The third kappa shape index (κ3) is 3.50. The van der Waals surface area contributed by atoms with Crippen LogP contribution < -0.4 is 9.47 Å². The minimum absolute atomic E-state index is 0.719. The van der Waals surface area contributed by atoms with Gasteiger partial charge in [0.2, 0.25) is 0 Å². The quantitative estimate of drug-likeness (QED) is 0.694. The van der Waals surface area contributed by atoms with E-state index in [0.717, 1.165) is 17.1 Å². The summed E-state index contributed by atoms with van der Waals surface area (Å²) in [5, 5.41) is 0. The second kappa shape index (κ2) is 5.91. The maximum Gasteiger partial charge on any atom is 0.169 e. The largest absolute Gasteiger partial charge is 0.461 e. The van der Waals surface area contributed by atoms with Crippen molar-refractivity contribution in [1.82, 2.24) is 0 Å². The van der Waals surface area contributed by atoms with Crippen molar-refractivity contribution in [3.63, 3.8) is 0 Å². The first-order valence-corrected chi connectivity index (χ1v) is 4.94. The van der Waals surface area contributed by atoms with Gasteiger partial charge in [0.15, 0.2) is 11.5 Å². The van der Waals surface area contributed by atoms with E-state index in [0.29, 0.717) is 0 Å². The molecule has 0 aliphatic heterocycles. The lowest BCUT2D eigenvalue weighted by molar-refractivity contribution is 0.415. The van der Waals surface area contributed by atoms with Crippen LogP contribution in [0.25, 0.3) is 0 Å². The number of hydrogen-bond donors (Lipinski definition) is 0. The van der Waals surface area contributed by atoms with Crippen LogP contribution in [0.3, 0.4) is 0 Å². The van der Waals surface area contributed by atoms with Crippen LogP contribution in [0, 0.1) is 6.92 Å². The Labute approximate surface area is 90.8 Å². The van der Waals surface area contributed by atoms with Crippen molar-refractivity contribution in [2.45, 2.75) is 20.8 Å². The van der Waals surface area contributed by atoms with Crippen LogP contribution in [0.15, 0.2) is 42.9 Å². The van der Waals surface area contributed by atoms with Crippen LogP contribution in [0.2, 0.25) is 0 Å². The van der Waals surface area contributed by atoms with E-state index in [4.69, 9.17) is 9.47 Å². The predicted molar refractivity (Wildman–Crippen MR) is 62.1 cm³/mol. The van der Waals surface area contributed by atoms with Gasteiger partial charge in [-0.3, -0.25) is 0 Å². The minimum atomic E-state index is 0.719. The van der Waals surface area contributed by atoms with Gasteiger partial charge in [-0.15, -0.1) is 0 Å². The molecule has 15 heavy (non-hydrogen) atoms. The van der Waals surface area contributed by atoms with Crippen molar-refractivity contribution < 1.29 is 9.47 Å². The molecule has 0 aliphatic carbocycles. The van der Waals surface area contributed by atoms with Gasteiger partial charge in [0, 0.05) is 0 Å². The molecule has 2 nitrogen and oxygen atoms in total. The molecule has 0 unspecified atom stereocenters. The molecule has 2 heteroatoms. The molecule has 0 heterocycles. The molecule has 0 amide bonds. The first kappa shape index (κ1) is 11.4. The van der Waals surface area contributed by atoms with Crippen molar-refractivity contribution in [2.75, 3.05) is 0 Å². The predicted octanol–water partition coefficient (Wildman–Crippen LogP) is 3.82. The highest BCUT2D eigenvalue weighted by Gasteiger charge is 2.02. The van der Waals surface area contributed by atoms with Gasteiger partial charge in [-0.2, -0.15) is 0 Å². The van der Waals surface area contributed by atoms with E-state index in [9.17, 15) is 0 Å². The molecular weight excluding hydrogens is 188 g/mol. The van der Waals surface area contributed by atoms with Crippen molar-refractivity contribution >= 4 is 0 Å². The molecule has 0 saturated carbocycles. The average molecular weight is 204 g/mol. The number of benzene rings is 1. The molecular formula is C13H16O2. The van der Waals surface area contributed by atoms with Gasteiger partial charge in [0.05, 0.1) is 12.5 Å². The number of rotatable bonds is 4. The van der Waals surface area contributed by atoms with Gasteiger partial charge in [-0.1, -0.05) is 18.2 Å². The van der Waals surface area contributed by atoms with Crippen LogP contribution in [-0.4, -0.2) is 0 Å². The Hall–Kier alpha value is -1.70. The second-order valence-corrected chi connectivity index (χ2v) is 3.12. The normalized spacial score (nSPS) is 11.1. The number of allylic oxidation sites excluding steroid dienone is 2. The Kier molecular flexibility index (Phi) is 4.48. The minimum Gasteiger partial charge on any atom is -0.461 e. The summed E-state index contributed by atoms with van der Waals surface area (Å²) in [5.41, 5.74) is 1.14. The number of aryl methyl sites for hydroxylation is 1. The SMILES string of the molecule is C/C=C/Oc1ccc(C)cc1O/C=C/C. The van der Waals surface area contributed by atoms with Crippen molar-refractivity contribution in [3.8, 4) is 11.5 Å². The highest BCUT2D eigenvalue weighted by molar-refractivity contribution is 5.43. The van der Waals surface area contributed by atoms with E-state index in [1.165, 1.54) is 0 Å². The standard InChI is InChI=1S/C13H16O2/c1-4-8-14-12-7-6-11(3)10-13(12)15-9-5-2/h4-10H,1-3H3/b8-4+,9-5+. The summed E-state index contributed by atoms with van der Waals surface area (Å²) in [6.07, 6.45) is 6.94. The molecule has 0 aromatic heterocycles. The summed E-state index contributed by atoms with van der Waals surface area (Å²) in [6, 6.07) is 5.83. The lowest BCUT2D eigenvalue weighted by Gasteiger charge is -2.07. The first-order chi connectivity index (χ1) is 7.27. The summed E-state index contributed by atoms with van der Waals surface area (Å²) < 4.78 is 10.8. The van der Waals surface area contributed by atoms with Gasteiger partial charge in [-0.05, 0) is 38.5 Å². The van der Waals surface area contributed by atoms with Crippen LogP contribution >= 0.6 is 0 Å². The van der Waals surface area contributed by atoms with E-state index >= 15 is 0 Å². The van der Waals surface area contributed by atoms with Gasteiger partial charge in [0.1, 0.15) is 0 Å². The van der Waals surface area contributed by atoms with E-state index in [1.54, 1.807) is 12.5 Å². The van der Waals surface area contributed by atoms with Crippen LogP contribution in [0.4, 0.5) is 0 Å². The third-order valence-electron chi connectivity index (χ3n) is 1.76. The molecule has 0 N–H and O–H groups in total. The highest BCUT2D eigenvalue weighted by Crippen LogP contribution is 2.28. The van der Waals surface area contributed by atoms with Gasteiger partial charge in [-0.25, -0.2) is 0 Å². The summed E-state index contributed by atoms with van der Waals surface area (Å²) in [6.45, 7) is 5.82. The van der Waals surface area contributed by atoms with E-state index < -0.39 is 0 Å². The smallest absolute Gasteiger partial charge is 0.169 e. The molecule has 1 aromatic carbocycles. The third-order valence-corrected chi connectivity index (χ3v) is 1.76. The molecule has 0 aliphatic rings. The highest BCUT2D eigenvalue weighted by atomic mass is 16.5. The molecule has 0 radical (unpaired) electrons. The second-order valence-electron chi connectivity index (χ2n) is 3.12. The fourth-order valence-electron chi connectivity index (χ4n) is 1.09. The summed E-state index contributed by atoms with van der Waals surface area (Å²) in [5.74, 6) is 1.45. The van der Waals surface area contributed by atoms with Crippen molar-refractivity contribution in [1.29, 1.82) is 0 Å². The Bertz CT molecular complexity index is 365. The van der Waals surface area contributed by atoms with Gasteiger partial charge in [0.25, 0.3) is 0 Å². The maximum atomic E-state index is 5.42. The lowest BCUT2D eigenvalue weighted by Crippen LogP contribution is -1.89. The summed E-state index contributed by atoms with van der Waals surface area (Å²) in [4.78, 5) is 0. The molecule has 0 atom stereocenters. The number of hydrogen-bond acceptors (Lipinski definition) is 2. The average Bonchev–Trinajstić information content (AvgIpc) is 2.25. The Morgan fingerprint density at radius 3 is 2.13 bits per heavy atom. The van der Waals surface area contributed by atoms with Gasteiger partial charge >= 0.3 is 0 Å². The molecule has 0 saturated heterocycles. The molecule has 80 valence electrons. The lowest BCUT2D eigenvalue weighted by atomic mass is 10.2. The van der Waals surface area contributed by atoms with Crippen LogP contribution in [0.5, 0.6) is 11.5 Å². The maximum absolute atomic E-state index is 5.42.